The number of nitrogens with zero attached hydrogens (tertiary/aromatic N) is 1. The quantitative estimate of drug-likeness (QED) is 0.468. The Kier molecular flexibility index (Phi) is 4.15. The molecule has 1 aromatic carbocycles. The fourth-order valence-corrected chi connectivity index (χ4v) is 2.08. The summed E-state index contributed by atoms with van der Waals surface area (Å²) < 4.78 is 22.6. The van der Waals surface area contributed by atoms with Gasteiger partial charge in [-0.2, -0.15) is 0 Å². The van der Waals surface area contributed by atoms with Crippen molar-refractivity contribution in [3.8, 4) is 0 Å². The number of benzene rings is 1. The molecule has 7 nitrogen and oxygen atoms in total. The van der Waals surface area contributed by atoms with Gasteiger partial charge in [-0.25, -0.2) is 8.42 Å². The molecule has 0 radical (unpaired) electrons. The highest BCUT2D eigenvalue weighted by atomic mass is 32.2. The van der Waals surface area contributed by atoms with Crippen LogP contribution in [0, 0.1) is 10.1 Å². The van der Waals surface area contributed by atoms with Crippen molar-refractivity contribution in [1.82, 2.24) is 0 Å². The third-order valence-corrected chi connectivity index (χ3v) is 3.50. The van der Waals surface area contributed by atoms with Gasteiger partial charge in [-0.3, -0.25) is 10.1 Å². The zero-order chi connectivity index (χ0) is 13.9. The van der Waals surface area contributed by atoms with Gasteiger partial charge in [0.05, 0.1) is 22.3 Å². The summed E-state index contributed by atoms with van der Waals surface area (Å²) in [5.74, 6) is -1.04. The smallest absolute Gasteiger partial charge is 0.274 e. The van der Waals surface area contributed by atoms with Gasteiger partial charge in [0.25, 0.3) is 5.69 Å². The van der Waals surface area contributed by atoms with Crippen LogP contribution in [0.5, 0.6) is 0 Å². The summed E-state index contributed by atoms with van der Waals surface area (Å²) in [5, 5.41) is 19.8. The minimum absolute atomic E-state index is 0.00935. The van der Waals surface area contributed by atoms with Crippen molar-refractivity contribution < 1.29 is 23.2 Å². The van der Waals surface area contributed by atoms with Crippen LogP contribution in [-0.4, -0.2) is 37.6 Å². The van der Waals surface area contributed by atoms with Gasteiger partial charge < -0.3 is 9.90 Å². The Bertz CT molecular complexity index is 580. The molecule has 1 unspecified atom stereocenters. The predicted octanol–water partition coefficient (Wildman–Crippen LogP) is 0.273. The van der Waals surface area contributed by atoms with Crippen LogP contribution in [0.4, 0.5) is 5.69 Å². The number of rotatable bonds is 5. The van der Waals surface area contributed by atoms with E-state index in [1.54, 1.807) is 0 Å². The van der Waals surface area contributed by atoms with E-state index in [1.807, 2.05) is 0 Å². The average Bonchev–Trinajstić information content (AvgIpc) is 2.29. The van der Waals surface area contributed by atoms with Crippen molar-refractivity contribution in [3.05, 3.63) is 33.9 Å². The maximum atomic E-state index is 11.3. The van der Waals surface area contributed by atoms with Crippen LogP contribution in [0.3, 0.4) is 0 Å². The molecule has 1 rings (SSSR count). The first-order valence-electron chi connectivity index (χ1n) is 4.85. The number of hydrogen-bond acceptors (Lipinski definition) is 6. The molecule has 8 heteroatoms. The van der Waals surface area contributed by atoms with Gasteiger partial charge in [0, 0.05) is 17.9 Å². The third kappa shape index (κ3) is 2.90. The van der Waals surface area contributed by atoms with Crippen molar-refractivity contribution >= 4 is 21.8 Å². The highest BCUT2D eigenvalue weighted by Gasteiger charge is 2.23. The number of aldehydes is 1. The molecule has 0 heterocycles. The molecule has 1 aromatic rings. The van der Waals surface area contributed by atoms with E-state index >= 15 is 0 Å². The standard InChI is InChI=1S/C10H11NO6S/c1-18(16,17)8-2-3-9(7(5-12)6-13)10(4-8)11(14)15/h2-5,7,13H,6H2,1H3. The Morgan fingerprint density at radius 3 is 2.50 bits per heavy atom. The molecule has 0 bridgehead atoms. The molecule has 0 amide bonds. The van der Waals surface area contributed by atoms with E-state index in [4.69, 9.17) is 5.11 Å². The number of aliphatic hydroxyl groups excluding tert-OH is 1. The lowest BCUT2D eigenvalue weighted by atomic mass is 10.00. The van der Waals surface area contributed by atoms with Crippen LogP contribution in [0.25, 0.3) is 0 Å². The summed E-state index contributed by atoms with van der Waals surface area (Å²) in [4.78, 5) is 20.6. The Hall–Kier alpha value is -1.80. The topological polar surface area (TPSA) is 115 Å². The maximum Gasteiger partial charge on any atom is 0.274 e. The van der Waals surface area contributed by atoms with Gasteiger partial charge in [-0.15, -0.1) is 0 Å². The van der Waals surface area contributed by atoms with Gasteiger partial charge in [0.2, 0.25) is 0 Å². The third-order valence-electron chi connectivity index (χ3n) is 2.39. The second-order valence-electron chi connectivity index (χ2n) is 3.68. The lowest BCUT2D eigenvalue weighted by Crippen LogP contribution is -2.09. The number of carbonyl (C=O) groups excluding carboxylic acids is 1. The molecule has 0 aromatic heterocycles. The molecule has 1 atom stereocenters. The van der Waals surface area contributed by atoms with Crippen LogP contribution >= 0.6 is 0 Å². The molecule has 0 spiro atoms. The van der Waals surface area contributed by atoms with Crippen LogP contribution in [-0.2, 0) is 14.6 Å². The van der Waals surface area contributed by atoms with E-state index < -0.39 is 33.0 Å². The molecule has 0 fully saturated rings. The minimum Gasteiger partial charge on any atom is -0.395 e. The van der Waals surface area contributed by atoms with E-state index in [-0.39, 0.29) is 10.5 Å². The second kappa shape index (κ2) is 5.23. The monoisotopic (exact) mass is 273 g/mol. The Morgan fingerprint density at radius 1 is 1.50 bits per heavy atom. The fraction of sp³-hybridized carbons (Fsp3) is 0.300. The van der Waals surface area contributed by atoms with Crippen LogP contribution in [0.1, 0.15) is 11.5 Å². The largest absolute Gasteiger partial charge is 0.395 e. The Balaban J connectivity index is 3.47. The summed E-state index contributed by atoms with van der Waals surface area (Å²) in [6, 6.07) is 3.23. The number of aliphatic hydroxyl groups is 1. The number of hydrogen-bond donors (Lipinski definition) is 1. The fourth-order valence-electron chi connectivity index (χ4n) is 1.44. The Labute approximate surface area is 103 Å². The predicted molar refractivity (Wildman–Crippen MR) is 62.1 cm³/mol. The molecular weight excluding hydrogens is 262 g/mol. The molecule has 0 aliphatic carbocycles. The Morgan fingerprint density at radius 2 is 2.11 bits per heavy atom. The van der Waals surface area contributed by atoms with E-state index in [0.717, 1.165) is 12.3 Å². The summed E-state index contributed by atoms with van der Waals surface area (Å²) in [6.07, 6.45) is 1.30. The molecule has 0 aliphatic heterocycles. The lowest BCUT2D eigenvalue weighted by Gasteiger charge is -2.08. The van der Waals surface area contributed by atoms with Crippen molar-refractivity contribution in [1.29, 1.82) is 0 Å². The van der Waals surface area contributed by atoms with E-state index in [0.29, 0.717) is 6.29 Å². The first-order valence-corrected chi connectivity index (χ1v) is 6.75. The first-order chi connectivity index (χ1) is 8.31. The number of nitro groups is 1. The molecule has 0 aliphatic rings. The first kappa shape index (κ1) is 14.3. The summed E-state index contributed by atoms with van der Waals surface area (Å²) in [7, 11) is -3.57. The van der Waals surface area contributed by atoms with Crippen LogP contribution in [0.15, 0.2) is 23.1 Å². The van der Waals surface area contributed by atoms with Crippen LogP contribution < -0.4 is 0 Å². The average molecular weight is 273 g/mol. The van der Waals surface area contributed by atoms with E-state index in [1.165, 1.54) is 12.1 Å². The second-order valence-corrected chi connectivity index (χ2v) is 5.69. The maximum absolute atomic E-state index is 11.3. The van der Waals surface area contributed by atoms with Crippen molar-refractivity contribution in [2.75, 3.05) is 12.9 Å². The normalized spacial score (nSPS) is 13.0. The lowest BCUT2D eigenvalue weighted by molar-refractivity contribution is -0.385. The van der Waals surface area contributed by atoms with Gasteiger partial charge in [0.1, 0.15) is 6.29 Å². The number of sulfone groups is 1. The molecule has 18 heavy (non-hydrogen) atoms. The highest BCUT2D eigenvalue weighted by Crippen LogP contribution is 2.28. The minimum atomic E-state index is -3.57. The van der Waals surface area contributed by atoms with E-state index in [9.17, 15) is 23.3 Å². The van der Waals surface area contributed by atoms with Gasteiger partial charge in [-0.1, -0.05) is 6.07 Å². The zero-order valence-corrected chi connectivity index (χ0v) is 10.3. The summed E-state index contributed by atoms with van der Waals surface area (Å²) >= 11 is 0. The van der Waals surface area contributed by atoms with Gasteiger partial charge in [-0.05, 0) is 6.07 Å². The summed E-state index contributed by atoms with van der Waals surface area (Å²) in [6.45, 7) is -0.581. The van der Waals surface area contributed by atoms with E-state index in [2.05, 4.69) is 0 Å². The van der Waals surface area contributed by atoms with Gasteiger partial charge in [0.15, 0.2) is 9.84 Å². The van der Waals surface area contributed by atoms with Crippen molar-refractivity contribution in [3.63, 3.8) is 0 Å². The van der Waals surface area contributed by atoms with Gasteiger partial charge >= 0.3 is 0 Å². The summed E-state index contributed by atoms with van der Waals surface area (Å²) in [5.41, 5.74) is -0.506. The molecule has 0 saturated carbocycles. The number of nitro benzene ring substituents is 1. The van der Waals surface area contributed by atoms with Crippen molar-refractivity contribution in [2.45, 2.75) is 10.8 Å². The molecular formula is C10H11NO6S. The van der Waals surface area contributed by atoms with Crippen LogP contribution in [0.2, 0.25) is 0 Å². The molecule has 1 N–H and O–H groups in total. The number of carbonyl (C=O) groups is 1. The molecule has 98 valence electrons. The van der Waals surface area contributed by atoms with Crippen molar-refractivity contribution in [2.24, 2.45) is 0 Å². The SMILES string of the molecule is CS(=O)(=O)c1ccc(C(C=O)CO)c([N+](=O)[O-])c1. The molecule has 0 saturated heterocycles. The zero-order valence-electron chi connectivity index (χ0n) is 9.44. The highest BCUT2D eigenvalue weighted by molar-refractivity contribution is 7.90.